The fourth-order valence-corrected chi connectivity index (χ4v) is 15.0. The summed E-state index contributed by atoms with van der Waals surface area (Å²) in [5.41, 5.74) is 7.89. The molecule has 14 rings (SSSR count). The molecule has 0 aliphatic heterocycles. The molecular weight excluding hydrogens is 1200 g/mol. The molecule has 0 saturated heterocycles. The van der Waals surface area contributed by atoms with E-state index >= 15 is 0 Å². The SMILES string of the molecule is Cc1cc2c(-c3ccccc3)cccc2[cH-]1.Cc1cc2c(-c3ccccc3)cccc2[cH-]1.[Cl-].[Cl-].[Zr+2].[Zr+2].c1ccc(P(c2ccccc2)c2cc3ccccc3[cH-]2)cc1.c1ccc(P(c2ccccc2)c2cc3ccccc3[cH-]2)cc1. The number of benzene rings is 10. The summed E-state index contributed by atoms with van der Waals surface area (Å²) in [6.45, 7) is 4.30. The Labute approximate surface area is 525 Å². The Bertz CT molecular complexity index is 3660. The van der Waals surface area contributed by atoms with E-state index in [1.165, 1.54) is 108 Å². The number of aryl methyl sites for hydroxylation is 2. The fraction of sp³-hybridized carbons (Fsp3) is 0.0270. The zero-order chi connectivity index (χ0) is 51.5. The molecule has 6 heteroatoms. The van der Waals surface area contributed by atoms with Crippen molar-refractivity contribution in [1.29, 1.82) is 0 Å². The van der Waals surface area contributed by atoms with E-state index in [2.05, 4.69) is 329 Å². The zero-order valence-electron chi connectivity index (χ0n) is 44.7. The van der Waals surface area contributed by atoms with Gasteiger partial charge in [-0.25, -0.2) is 0 Å². The molecule has 0 aliphatic carbocycles. The van der Waals surface area contributed by atoms with Gasteiger partial charge in [0, 0.05) is 0 Å². The normalized spacial score (nSPS) is 10.4. The van der Waals surface area contributed by atoms with E-state index in [9.17, 15) is 0 Å². The average Bonchev–Trinajstić information content (AvgIpc) is 4.34. The van der Waals surface area contributed by atoms with Gasteiger partial charge in [0.05, 0.1) is 0 Å². The number of halogens is 2. The molecule has 0 aliphatic rings. The van der Waals surface area contributed by atoms with Gasteiger partial charge in [0.25, 0.3) is 0 Å². The summed E-state index contributed by atoms with van der Waals surface area (Å²) < 4.78 is 0. The van der Waals surface area contributed by atoms with Crippen molar-refractivity contribution in [1.82, 2.24) is 0 Å². The van der Waals surface area contributed by atoms with Crippen molar-refractivity contribution in [3.63, 3.8) is 0 Å². The quantitative estimate of drug-likeness (QED) is 0.105. The maximum Gasteiger partial charge on any atom is 2.00 e. The van der Waals surface area contributed by atoms with Crippen molar-refractivity contribution in [2.24, 2.45) is 0 Å². The number of hydrogen-bond acceptors (Lipinski definition) is 0. The van der Waals surface area contributed by atoms with Crippen LogP contribution in [-0.2, 0) is 52.4 Å². The van der Waals surface area contributed by atoms with Gasteiger partial charge in [-0.3, -0.25) is 0 Å². The predicted octanol–water partition coefficient (Wildman–Crippen LogP) is 11.7. The Kier molecular flexibility index (Phi) is 23.1. The van der Waals surface area contributed by atoms with Crippen molar-refractivity contribution < 1.29 is 77.2 Å². The Morgan fingerprint density at radius 1 is 0.263 bits per heavy atom. The molecule has 388 valence electrons. The van der Waals surface area contributed by atoms with Crippen LogP contribution >= 0.6 is 15.8 Å². The van der Waals surface area contributed by atoms with E-state index in [1.807, 2.05) is 0 Å². The maximum atomic E-state index is 2.35. The summed E-state index contributed by atoms with van der Waals surface area (Å²) >= 11 is 0. The van der Waals surface area contributed by atoms with E-state index in [-0.39, 0.29) is 77.2 Å². The van der Waals surface area contributed by atoms with E-state index < -0.39 is 15.8 Å². The van der Waals surface area contributed by atoms with E-state index in [0.717, 1.165) is 0 Å². The molecule has 0 unspecified atom stereocenters. The number of rotatable bonds is 8. The van der Waals surface area contributed by atoms with Crippen molar-refractivity contribution in [3.05, 3.63) is 327 Å². The molecule has 0 spiro atoms. The van der Waals surface area contributed by atoms with Gasteiger partial charge in [-0.1, -0.05) is 231 Å². The van der Waals surface area contributed by atoms with Crippen molar-refractivity contribution in [2.75, 3.05) is 0 Å². The van der Waals surface area contributed by atoms with Crippen LogP contribution in [-0.4, -0.2) is 0 Å². The summed E-state index contributed by atoms with van der Waals surface area (Å²) in [5, 5.41) is 19.1. The first-order valence-electron chi connectivity index (χ1n) is 26.1. The van der Waals surface area contributed by atoms with Crippen molar-refractivity contribution in [3.8, 4) is 22.3 Å². The summed E-state index contributed by atoms with van der Waals surface area (Å²) in [5.74, 6) is 0. The number of fused-ring (bicyclic) bond motifs is 4. The van der Waals surface area contributed by atoms with Crippen LogP contribution in [0.5, 0.6) is 0 Å². The monoisotopic (exact) mass is 1260 g/mol. The minimum absolute atomic E-state index is 0. The molecule has 0 atom stereocenters. The van der Waals surface area contributed by atoms with Crippen LogP contribution in [0.3, 0.4) is 0 Å². The smallest absolute Gasteiger partial charge is 1.00 e. The fourth-order valence-electron chi connectivity index (χ4n) is 10.2. The summed E-state index contributed by atoms with van der Waals surface area (Å²) in [6.07, 6.45) is 0. The topological polar surface area (TPSA) is 0 Å². The second-order valence-corrected chi connectivity index (χ2v) is 23.6. The molecule has 0 amide bonds. The van der Waals surface area contributed by atoms with Gasteiger partial charge in [-0.2, -0.15) is 24.3 Å². The molecule has 0 radical (unpaired) electrons. The molecule has 0 heterocycles. The summed E-state index contributed by atoms with van der Waals surface area (Å²) in [6, 6.07) is 113. The second-order valence-electron chi connectivity index (χ2n) is 19.1. The van der Waals surface area contributed by atoms with Crippen molar-refractivity contribution in [2.45, 2.75) is 13.8 Å². The van der Waals surface area contributed by atoms with Gasteiger partial charge in [0.15, 0.2) is 0 Å². The van der Waals surface area contributed by atoms with Gasteiger partial charge < -0.3 is 24.8 Å². The summed E-state index contributed by atoms with van der Waals surface area (Å²) in [4.78, 5) is 0. The van der Waals surface area contributed by atoms with E-state index in [4.69, 9.17) is 0 Å². The molecule has 80 heavy (non-hydrogen) atoms. The molecule has 0 nitrogen and oxygen atoms in total. The third-order valence-electron chi connectivity index (χ3n) is 13.7. The van der Waals surface area contributed by atoms with Gasteiger partial charge in [-0.05, 0) is 48.2 Å². The molecule has 0 saturated carbocycles. The average molecular weight is 1260 g/mol. The maximum absolute atomic E-state index is 2.35. The molecule has 0 bridgehead atoms. The predicted molar refractivity (Wildman–Crippen MR) is 336 cm³/mol. The van der Waals surface area contributed by atoms with Crippen LogP contribution < -0.4 is 56.6 Å². The molecule has 0 fully saturated rings. The molecule has 0 aromatic heterocycles. The first-order valence-corrected chi connectivity index (χ1v) is 28.8. The van der Waals surface area contributed by atoms with Crippen LogP contribution in [0.15, 0.2) is 315 Å². The van der Waals surface area contributed by atoms with Gasteiger partial charge in [-0.15, -0.1) is 150 Å². The molecule has 0 N–H and O–H groups in total. The third-order valence-corrected chi connectivity index (χ3v) is 18.5. The minimum Gasteiger partial charge on any atom is -1.00 e. The van der Waals surface area contributed by atoms with Crippen LogP contribution in [0.25, 0.3) is 65.3 Å². The largest absolute Gasteiger partial charge is 2.00 e. The molecular formula is C74H58Cl2P2Zr2-2. The van der Waals surface area contributed by atoms with Gasteiger partial charge in [0.1, 0.15) is 0 Å². The Hall–Kier alpha value is -6.15. The number of hydrogen-bond donors (Lipinski definition) is 0. The zero-order valence-corrected chi connectivity index (χ0v) is 52.9. The second kappa shape index (κ2) is 30.1. The third kappa shape index (κ3) is 14.8. The molecule has 14 aromatic rings. The van der Waals surface area contributed by atoms with Crippen molar-refractivity contribution >= 4 is 90.8 Å². The first-order chi connectivity index (χ1) is 37.5. The summed E-state index contributed by atoms with van der Waals surface area (Å²) in [7, 11) is -0.986. The van der Waals surface area contributed by atoms with Crippen LogP contribution in [0, 0.1) is 13.8 Å². The Morgan fingerprint density at radius 3 is 0.850 bits per heavy atom. The first kappa shape index (κ1) is 61.5. The van der Waals surface area contributed by atoms with Crippen LogP contribution in [0.2, 0.25) is 0 Å². The van der Waals surface area contributed by atoms with Gasteiger partial charge >= 0.3 is 52.4 Å². The van der Waals surface area contributed by atoms with Gasteiger partial charge in [0.2, 0.25) is 0 Å². The molecule has 14 aromatic carbocycles. The van der Waals surface area contributed by atoms with E-state index in [1.54, 1.807) is 0 Å². The Balaban J connectivity index is 0.000000153. The van der Waals surface area contributed by atoms with Crippen LogP contribution in [0.4, 0.5) is 0 Å². The van der Waals surface area contributed by atoms with Crippen LogP contribution in [0.1, 0.15) is 11.1 Å². The Morgan fingerprint density at radius 2 is 0.537 bits per heavy atom. The minimum atomic E-state index is -0.493. The standard InChI is InChI=1S/2C21H16P.2C16H13.2ClH.2Zr/c2*1-3-11-19(12-4-1)22(20-13-5-2-6-14-20)21-15-17-9-7-8-10-18(17)16-21;2*1-12-10-14-8-5-9-15(16(14)11-12)13-6-3-2-4-7-13;;;;/h2*1-16H;2*2-11H,1H3;2*1H;;/q4*-1;;;2*+2/p-2. The van der Waals surface area contributed by atoms with E-state index in [0.29, 0.717) is 0 Å².